The van der Waals surface area contributed by atoms with Crippen LogP contribution < -0.4 is 10.0 Å². The molecule has 2 aromatic carbocycles. The maximum Gasteiger partial charge on any atom is 0.243 e. The number of aryl methyl sites for hydroxylation is 2. The Morgan fingerprint density at radius 1 is 1.15 bits per heavy atom. The third-order valence-corrected chi connectivity index (χ3v) is 6.74. The number of fused-ring (bicyclic) bond motifs is 2. The van der Waals surface area contributed by atoms with E-state index in [0.29, 0.717) is 16.7 Å². The van der Waals surface area contributed by atoms with E-state index in [4.69, 9.17) is 0 Å². The standard InChI is InChI=1S/C18H18N4O3S2/c1-11(18(23)19-14-9-8-12-4-2-5-13(12)10-14)22-27(24,25)16-7-3-6-15-17(16)21-26-20-15/h3,6-11,22H,2,4-5H2,1H3,(H,19,23). The Hall–Kier alpha value is -2.36. The highest BCUT2D eigenvalue weighted by atomic mass is 32.2. The first-order valence-corrected chi connectivity index (χ1v) is 10.8. The quantitative estimate of drug-likeness (QED) is 0.683. The van der Waals surface area contributed by atoms with Gasteiger partial charge in [0, 0.05) is 5.69 Å². The summed E-state index contributed by atoms with van der Waals surface area (Å²) in [6, 6.07) is 9.65. The summed E-state index contributed by atoms with van der Waals surface area (Å²) in [5.41, 5.74) is 4.05. The Morgan fingerprint density at radius 3 is 2.81 bits per heavy atom. The second-order valence-electron chi connectivity index (χ2n) is 6.56. The van der Waals surface area contributed by atoms with Gasteiger partial charge in [0.05, 0.1) is 17.8 Å². The van der Waals surface area contributed by atoms with E-state index in [0.717, 1.165) is 31.0 Å². The zero-order valence-corrected chi connectivity index (χ0v) is 16.2. The Balaban J connectivity index is 1.50. The number of carbonyl (C=O) groups excluding carboxylic acids is 1. The molecule has 0 spiro atoms. The summed E-state index contributed by atoms with van der Waals surface area (Å²) in [5.74, 6) is -0.417. The first-order chi connectivity index (χ1) is 12.9. The van der Waals surface area contributed by atoms with Gasteiger partial charge in [0.25, 0.3) is 0 Å². The van der Waals surface area contributed by atoms with E-state index in [-0.39, 0.29) is 4.90 Å². The molecular weight excluding hydrogens is 384 g/mol. The van der Waals surface area contributed by atoms with Crippen molar-refractivity contribution in [3.8, 4) is 0 Å². The number of rotatable bonds is 5. The molecule has 0 bridgehead atoms. The largest absolute Gasteiger partial charge is 0.325 e. The van der Waals surface area contributed by atoms with Crippen molar-refractivity contribution < 1.29 is 13.2 Å². The topological polar surface area (TPSA) is 101 Å². The third kappa shape index (κ3) is 3.58. The lowest BCUT2D eigenvalue weighted by Crippen LogP contribution is -2.41. The number of hydrogen-bond acceptors (Lipinski definition) is 6. The van der Waals surface area contributed by atoms with Crippen LogP contribution in [0, 0.1) is 0 Å². The maximum absolute atomic E-state index is 12.7. The molecule has 0 radical (unpaired) electrons. The molecule has 3 aromatic rings. The molecule has 9 heteroatoms. The second-order valence-corrected chi connectivity index (χ2v) is 8.77. The molecule has 4 rings (SSSR count). The van der Waals surface area contributed by atoms with Gasteiger partial charge in [0.1, 0.15) is 15.9 Å². The van der Waals surface area contributed by atoms with Gasteiger partial charge in [-0.25, -0.2) is 8.42 Å². The van der Waals surface area contributed by atoms with Crippen molar-refractivity contribution in [2.75, 3.05) is 5.32 Å². The van der Waals surface area contributed by atoms with Crippen LogP contribution in [0.5, 0.6) is 0 Å². The minimum Gasteiger partial charge on any atom is -0.325 e. The summed E-state index contributed by atoms with van der Waals surface area (Å²) < 4.78 is 35.9. The van der Waals surface area contributed by atoms with Gasteiger partial charge in [-0.05, 0) is 61.6 Å². The van der Waals surface area contributed by atoms with Crippen LogP contribution in [0.25, 0.3) is 11.0 Å². The Labute approximate surface area is 161 Å². The number of nitrogens with zero attached hydrogens (tertiary/aromatic N) is 2. The molecule has 140 valence electrons. The zero-order chi connectivity index (χ0) is 19.0. The van der Waals surface area contributed by atoms with Gasteiger partial charge in [0.2, 0.25) is 15.9 Å². The predicted molar refractivity (Wildman–Crippen MR) is 104 cm³/mol. The summed E-state index contributed by atoms with van der Waals surface area (Å²) in [6.07, 6.45) is 3.20. The van der Waals surface area contributed by atoms with Gasteiger partial charge in [0.15, 0.2) is 0 Å². The van der Waals surface area contributed by atoms with E-state index in [9.17, 15) is 13.2 Å². The lowest BCUT2D eigenvalue weighted by Gasteiger charge is -2.15. The molecule has 1 amide bonds. The molecule has 1 aromatic heterocycles. The lowest BCUT2D eigenvalue weighted by atomic mass is 10.1. The predicted octanol–water partition coefficient (Wildman–Crippen LogP) is 2.49. The molecule has 1 heterocycles. The van der Waals surface area contributed by atoms with Crippen LogP contribution in [0.2, 0.25) is 0 Å². The normalized spacial score (nSPS) is 14.9. The average Bonchev–Trinajstić information content (AvgIpc) is 3.29. The van der Waals surface area contributed by atoms with E-state index >= 15 is 0 Å². The maximum atomic E-state index is 12.7. The number of benzene rings is 2. The fraction of sp³-hybridized carbons (Fsp3) is 0.278. The van der Waals surface area contributed by atoms with Gasteiger partial charge in [-0.15, -0.1) is 0 Å². The number of anilines is 1. The van der Waals surface area contributed by atoms with E-state index < -0.39 is 22.0 Å². The summed E-state index contributed by atoms with van der Waals surface area (Å²) in [4.78, 5) is 12.5. The van der Waals surface area contributed by atoms with Crippen molar-refractivity contribution in [3.05, 3.63) is 47.5 Å². The zero-order valence-electron chi connectivity index (χ0n) is 14.6. The molecule has 0 aliphatic heterocycles. The smallest absolute Gasteiger partial charge is 0.243 e. The van der Waals surface area contributed by atoms with Crippen molar-refractivity contribution in [2.24, 2.45) is 0 Å². The second kappa shape index (κ2) is 6.99. The third-order valence-electron chi connectivity index (χ3n) is 4.63. The van der Waals surface area contributed by atoms with Gasteiger partial charge in [-0.3, -0.25) is 4.79 Å². The summed E-state index contributed by atoms with van der Waals surface area (Å²) in [5, 5.41) is 2.79. The lowest BCUT2D eigenvalue weighted by molar-refractivity contribution is -0.117. The van der Waals surface area contributed by atoms with Crippen molar-refractivity contribution >= 4 is 44.4 Å². The molecule has 0 saturated carbocycles. The Morgan fingerprint density at radius 2 is 1.96 bits per heavy atom. The molecule has 1 aliphatic rings. The van der Waals surface area contributed by atoms with Crippen LogP contribution in [-0.2, 0) is 27.7 Å². The number of nitrogens with one attached hydrogen (secondary N) is 2. The number of carbonyl (C=O) groups is 1. The van der Waals surface area contributed by atoms with Crippen molar-refractivity contribution in [3.63, 3.8) is 0 Å². The average molecular weight is 403 g/mol. The Bertz CT molecular complexity index is 1120. The summed E-state index contributed by atoms with van der Waals surface area (Å²) in [6.45, 7) is 1.51. The monoisotopic (exact) mass is 402 g/mol. The molecule has 0 fully saturated rings. The fourth-order valence-electron chi connectivity index (χ4n) is 3.25. The number of aromatic nitrogens is 2. The van der Waals surface area contributed by atoms with Crippen molar-refractivity contribution in [2.45, 2.75) is 37.1 Å². The van der Waals surface area contributed by atoms with Gasteiger partial charge < -0.3 is 5.32 Å². The number of hydrogen-bond donors (Lipinski definition) is 2. The van der Waals surface area contributed by atoms with Crippen LogP contribution >= 0.6 is 11.7 Å². The van der Waals surface area contributed by atoms with E-state index in [2.05, 4.69) is 18.8 Å². The van der Waals surface area contributed by atoms with Crippen LogP contribution in [0.1, 0.15) is 24.5 Å². The molecule has 1 unspecified atom stereocenters. The highest BCUT2D eigenvalue weighted by Crippen LogP contribution is 2.25. The fourth-order valence-corrected chi connectivity index (χ4v) is 5.22. The number of sulfonamides is 1. The molecule has 1 atom stereocenters. The number of amides is 1. The van der Waals surface area contributed by atoms with Gasteiger partial charge >= 0.3 is 0 Å². The summed E-state index contributed by atoms with van der Waals surface area (Å²) >= 11 is 0.948. The molecule has 27 heavy (non-hydrogen) atoms. The highest BCUT2D eigenvalue weighted by molar-refractivity contribution is 7.89. The van der Waals surface area contributed by atoms with Crippen LogP contribution in [0.3, 0.4) is 0 Å². The van der Waals surface area contributed by atoms with E-state index in [1.807, 2.05) is 18.2 Å². The van der Waals surface area contributed by atoms with Crippen LogP contribution in [0.4, 0.5) is 5.69 Å². The highest BCUT2D eigenvalue weighted by Gasteiger charge is 2.25. The minimum atomic E-state index is -3.91. The van der Waals surface area contributed by atoms with Gasteiger partial charge in [-0.1, -0.05) is 12.1 Å². The van der Waals surface area contributed by atoms with E-state index in [1.54, 1.807) is 12.1 Å². The van der Waals surface area contributed by atoms with Crippen LogP contribution in [-0.4, -0.2) is 29.1 Å². The summed E-state index contributed by atoms with van der Waals surface area (Å²) in [7, 11) is -3.91. The van der Waals surface area contributed by atoms with Crippen molar-refractivity contribution in [1.82, 2.24) is 13.5 Å². The molecule has 7 nitrogen and oxygen atoms in total. The minimum absolute atomic E-state index is 0.0194. The van der Waals surface area contributed by atoms with Crippen molar-refractivity contribution in [1.29, 1.82) is 0 Å². The van der Waals surface area contributed by atoms with Crippen LogP contribution in [0.15, 0.2) is 41.3 Å². The first-order valence-electron chi connectivity index (χ1n) is 8.60. The first kappa shape index (κ1) is 18.0. The molecule has 2 N–H and O–H groups in total. The molecular formula is C18H18N4O3S2. The molecule has 0 saturated heterocycles. The SMILES string of the molecule is CC(NS(=O)(=O)c1cccc2nsnc12)C(=O)Nc1ccc2c(c1)CCC2. The molecule has 1 aliphatic carbocycles. The van der Waals surface area contributed by atoms with E-state index in [1.165, 1.54) is 24.1 Å². The Kier molecular flexibility index (Phi) is 4.67. The van der Waals surface area contributed by atoms with Gasteiger partial charge in [-0.2, -0.15) is 13.5 Å².